The van der Waals surface area contributed by atoms with Crippen molar-refractivity contribution < 1.29 is 9.59 Å². The van der Waals surface area contributed by atoms with Gasteiger partial charge in [0.1, 0.15) is 12.6 Å². The third-order valence-corrected chi connectivity index (χ3v) is 7.26. The maximum atomic E-state index is 10.2. The van der Waals surface area contributed by atoms with Gasteiger partial charge in [0.15, 0.2) is 0 Å². The summed E-state index contributed by atoms with van der Waals surface area (Å²) in [7, 11) is 0. The van der Waals surface area contributed by atoms with Crippen LogP contribution in [0.15, 0.2) is 23.8 Å². The largest absolute Gasteiger partial charge is 0.303 e. The zero-order valence-electron chi connectivity index (χ0n) is 15.1. The summed E-state index contributed by atoms with van der Waals surface area (Å²) in [6, 6.07) is 0. The molecule has 0 saturated heterocycles. The van der Waals surface area contributed by atoms with Crippen LogP contribution >= 0.6 is 0 Å². The highest BCUT2D eigenvalue weighted by atomic mass is 16.1. The molecule has 24 heavy (non-hydrogen) atoms. The summed E-state index contributed by atoms with van der Waals surface area (Å²) in [6.45, 7) is 6.40. The number of carbonyl (C=O) groups excluding carboxylic acids is 2. The van der Waals surface area contributed by atoms with E-state index in [9.17, 15) is 9.59 Å². The standard InChI is InChI=1S/2C11H16O/c1-8-9-4-5-10(7-9)11(8)3-2-6-12;1-8-4-5-9-7-11(8)10(9)3-2-6-12/h6,9-11H,1-5,7H2;4,6,9-11H,2-3,5,7H2,1H3. The Morgan fingerprint density at radius 1 is 1.08 bits per heavy atom. The van der Waals surface area contributed by atoms with Crippen LogP contribution in [0.25, 0.3) is 0 Å². The maximum Gasteiger partial charge on any atom is 0.120 e. The van der Waals surface area contributed by atoms with Crippen LogP contribution < -0.4 is 0 Å². The molecule has 0 aromatic heterocycles. The van der Waals surface area contributed by atoms with E-state index < -0.39 is 0 Å². The third kappa shape index (κ3) is 3.43. The SMILES string of the molecule is C=C1C2CCC(C2)C1CCC=O.CC1=CCC2CC1C2CCC=O. The van der Waals surface area contributed by atoms with Gasteiger partial charge in [-0.1, -0.05) is 23.8 Å². The van der Waals surface area contributed by atoms with E-state index in [0.29, 0.717) is 5.92 Å². The molecule has 4 bridgehead atoms. The minimum Gasteiger partial charge on any atom is -0.303 e. The van der Waals surface area contributed by atoms with E-state index in [-0.39, 0.29) is 0 Å². The van der Waals surface area contributed by atoms with Gasteiger partial charge < -0.3 is 9.59 Å². The van der Waals surface area contributed by atoms with Crippen molar-refractivity contribution in [2.75, 3.05) is 0 Å². The lowest BCUT2D eigenvalue weighted by Gasteiger charge is -2.49. The molecule has 5 aliphatic carbocycles. The van der Waals surface area contributed by atoms with E-state index in [1.54, 1.807) is 5.57 Å². The number of carbonyl (C=O) groups is 2. The molecule has 6 atom stereocenters. The highest BCUT2D eigenvalue weighted by molar-refractivity contribution is 5.49. The predicted octanol–water partition coefficient (Wildman–Crippen LogP) is 5.14. The zero-order chi connectivity index (χ0) is 17.1. The average Bonchev–Trinajstić information content (AvgIpc) is 3.15. The molecule has 3 fully saturated rings. The summed E-state index contributed by atoms with van der Waals surface area (Å²) >= 11 is 0. The van der Waals surface area contributed by atoms with Gasteiger partial charge in [-0.3, -0.25) is 0 Å². The number of hydrogen-bond donors (Lipinski definition) is 0. The molecular weight excluding hydrogens is 296 g/mol. The predicted molar refractivity (Wildman–Crippen MR) is 97.5 cm³/mol. The topological polar surface area (TPSA) is 34.1 Å². The molecule has 6 unspecified atom stereocenters. The van der Waals surface area contributed by atoms with E-state index in [2.05, 4.69) is 19.6 Å². The lowest BCUT2D eigenvalue weighted by molar-refractivity contribution is -0.109. The molecule has 0 aromatic carbocycles. The lowest BCUT2D eigenvalue weighted by Crippen LogP contribution is -2.40. The van der Waals surface area contributed by atoms with Crippen molar-refractivity contribution in [3.63, 3.8) is 0 Å². The molecule has 3 saturated carbocycles. The number of fused-ring (bicyclic) bond motifs is 3. The van der Waals surface area contributed by atoms with Crippen LogP contribution in [0.4, 0.5) is 0 Å². The average molecular weight is 328 g/mol. The molecule has 132 valence electrons. The number of hydrogen-bond acceptors (Lipinski definition) is 2. The first-order valence-corrected chi connectivity index (χ1v) is 9.88. The molecule has 0 aromatic rings. The molecule has 0 aliphatic heterocycles. The van der Waals surface area contributed by atoms with Gasteiger partial charge in [-0.05, 0) is 87.4 Å². The van der Waals surface area contributed by atoms with Crippen LogP contribution in [0, 0.1) is 35.5 Å². The Hall–Kier alpha value is -1.18. The van der Waals surface area contributed by atoms with Crippen molar-refractivity contribution in [3.05, 3.63) is 23.8 Å². The Morgan fingerprint density at radius 3 is 2.42 bits per heavy atom. The number of rotatable bonds is 6. The summed E-state index contributed by atoms with van der Waals surface area (Å²) in [5.41, 5.74) is 3.03. The Bertz CT molecular complexity index is 518. The first kappa shape index (κ1) is 17.6. The van der Waals surface area contributed by atoms with Gasteiger partial charge in [0, 0.05) is 12.8 Å². The lowest BCUT2D eigenvalue weighted by atomic mass is 9.56. The van der Waals surface area contributed by atoms with E-state index in [0.717, 1.165) is 67.8 Å². The molecule has 0 spiro atoms. The molecule has 0 amide bonds. The van der Waals surface area contributed by atoms with Crippen molar-refractivity contribution in [1.82, 2.24) is 0 Å². The minimum absolute atomic E-state index is 0.689. The maximum absolute atomic E-state index is 10.2. The van der Waals surface area contributed by atoms with Crippen LogP contribution in [0.1, 0.15) is 64.7 Å². The Kier molecular flexibility index (Phi) is 5.73. The van der Waals surface area contributed by atoms with Crippen molar-refractivity contribution in [3.8, 4) is 0 Å². The highest BCUT2D eigenvalue weighted by Crippen LogP contribution is 2.53. The van der Waals surface area contributed by atoms with Gasteiger partial charge in [-0.15, -0.1) is 0 Å². The minimum atomic E-state index is 0.689. The highest BCUT2D eigenvalue weighted by Gasteiger charge is 2.43. The molecule has 0 radical (unpaired) electrons. The zero-order valence-corrected chi connectivity index (χ0v) is 15.1. The molecule has 2 nitrogen and oxygen atoms in total. The summed E-state index contributed by atoms with van der Waals surface area (Å²) in [6.07, 6.45) is 14.9. The van der Waals surface area contributed by atoms with E-state index in [1.807, 2.05) is 0 Å². The van der Waals surface area contributed by atoms with Gasteiger partial charge in [0.25, 0.3) is 0 Å². The molecule has 5 aliphatic rings. The van der Waals surface area contributed by atoms with Gasteiger partial charge in [-0.2, -0.15) is 0 Å². The second-order valence-corrected chi connectivity index (χ2v) is 8.39. The molecule has 0 N–H and O–H groups in total. The molecule has 2 heteroatoms. The van der Waals surface area contributed by atoms with E-state index in [4.69, 9.17) is 0 Å². The molecule has 5 rings (SSSR count). The first-order valence-electron chi connectivity index (χ1n) is 9.88. The van der Waals surface area contributed by atoms with E-state index >= 15 is 0 Å². The molecular formula is C22H32O2. The normalized spacial score (nSPS) is 38.7. The Balaban J connectivity index is 0.000000141. The Labute approximate surface area is 146 Å². The van der Waals surface area contributed by atoms with Crippen molar-refractivity contribution in [2.24, 2.45) is 35.5 Å². The fourth-order valence-corrected chi connectivity index (χ4v) is 5.78. The third-order valence-electron chi connectivity index (χ3n) is 7.26. The molecule has 0 heterocycles. The summed E-state index contributed by atoms with van der Waals surface area (Å²) < 4.78 is 0. The van der Waals surface area contributed by atoms with Crippen LogP contribution in [-0.4, -0.2) is 12.6 Å². The van der Waals surface area contributed by atoms with Crippen molar-refractivity contribution in [1.29, 1.82) is 0 Å². The quantitative estimate of drug-likeness (QED) is 0.500. The number of aldehydes is 2. The van der Waals surface area contributed by atoms with Crippen LogP contribution in [0.5, 0.6) is 0 Å². The first-order chi connectivity index (χ1) is 11.7. The van der Waals surface area contributed by atoms with Gasteiger partial charge in [0.2, 0.25) is 0 Å². The Morgan fingerprint density at radius 2 is 1.83 bits per heavy atom. The van der Waals surface area contributed by atoms with Gasteiger partial charge in [0.05, 0.1) is 0 Å². The second-order valence-electron chi connectivity index (χ2n) is 8.39. The monoisotopic (exact) mass is 328 g/mol. The van der Waals surface area contributed by atoms with Gasteiger partial charge in [-0.25, -0.2) is 0 Å². The smallest absolute Gasteiger partial charge is 0.120 e. The number of allylic oxidation sites excluding steroid dienone is 3. The van der Waals surface area contributed by atoms with Crippen LogP contribution in [-0.2, 0) is 9.59 Å². The fourth-order valence-electron chi connectivity index (χ4n) is 5.78. The van der Waals surface area contributed by atoms with E-state index in [1.165, 1.54) is 37.7 Å². The van der Waals surface area contributed by atoms with Crippen molar-refractivity contribution in [2.45, 2.75) is 64.7 Å². The van der Waals surface area contributed by atoms with Crippen LogP contribution in [0.2, 0.25) is 0 Å². The van der Waals surface area contributed by atoms with Crippen molar-refractivity contribution >= 4 is 12.6 Å². The summed E-state index contributed by atoms with van der Waals surface area (Å²) in [5, 5.41) is 0. The van der Waals surface area contributed by atoms with Crippen LogP contribution in [0.3, 0.4) is 0 Å². The summed E-state index contributed by atoms with van der Waals surface area (Å²) in [4.78, 5) is 20.5. The fraction of sp³-hybridized carbons (Fsp3) is 0.727. The second kappa shape index (κ2) is 7.80. The van der Waals surface area contributed by atoms with Gasteiger partial charge >= 0.3 is 0 Å². The summed E-state index contributed by atoms with van der Waals surface area (Å²) in [5.74, 6) is 4.98.